The van der Waals surface area contributed by atoms with Gasteiger partial charge in [0.05, 0.1) is 9.83 Å². The van der Waals surface area contributed by atoms with Gasteiger partial charge < -0.3 is 5.32 Å². The summed E-state index contributed by atoms with van der Waals surface area (Å²) in [7, 11) is 0. The fourth-order valence-corrected chi connectivity index (χ4v) is 3.33. The van der Waals surface area contributed by atoms with E-state index in [1.807, 2.05) is 19.1 Å². The molecule has 0 aliphatic heterocycles. The minimum absolute atomic E-state index is 0.107. The van der Waals surface area contributed by atoms with Gasteiger partial charge in [0, 0.05) is 16.5 Å². The fourth-order valence-electron chi connectivity index (χ4n) is 1.81. The summed E-state index contributed by atoms with van der Waals surface area (Å²) in [6.45, 7) is 2.45. The molecule has 0 amide bonds. The topological polar surface area (TPSA) is 12.0 Å². The van der Waals surface area contributed by atoms with Crippen LogP contribution in [0, 0.1) is 17.5 Å². The highest BCUT2D eigenvalue weighted by atomic mass is 79.9. The zero-order valence-corrected chi connectivity index (χ0v) is 12.4. The summed E-state index contributed by atoms with van der Waals surface area (Å²) in [6.07, 6.45) is 0. The summed E-state index contributed by atoms with van der Waals surface area (Å²) >= 11 is 4.75. The summed E-state index contributed by atoms with van der Waals surface area (Å²) in [5, 5.41) is 3.08. The Hall–Kier alpha value is -0.850. The molecule has 2 rings (SSSR count). The highest BCUT2D eigenvalue weighted by molar-refractivity contribution is 9.11. The van der Waals surface area contributed by atoms with Gasteiger partial charge in [-0.2, -0.15) is 0 Å². The Morgan fingerprint density at radius 3 is 2.42 bits per heavy atom. The molecule has 0 saturated heterocycles. The van der Waals surface area contributed by atoms with Crippen molar-refractivity contribution in [2.24, 2.45) is 0 Å². The monoisotopic (exact) mass is 349 g/mol. The van der Waals surface area contributed by atoms with Crippen LogP contribution in [0.25, 0.3) is 0 Å². The molecule has 1 N–H and O–H groups in total. The molecular weight excluding hydrogens is 339 g/mol. The Morgan fingerprint density at radius 2 is 1.84 bits per heavy atom. The molecule has 6 heteroatoms. The molecule has 0 radical (unpaired) electrons. The molecule has 0 aliphatic rings. The first-order chi connectivity index (χ1) is 9.02. The number of nitrogens with one attached hydrogen (secondary N) is 1. The van der Waals surface area contributed by atoms with Crippen molar-refractivity contribution in [3.8, 4) is 0 Å². The van der Waals surface area contributed by atoms with Gasteiger partial charge in [-0.05, 0) is 40.7 Å². The molecule has 0 saturated carbocycles. The SMILES string of the molecule is CCNC(c1ccc(Br)s1)c1cc(F)c(F)cc1F. The van der Waals surface area contributed by atoms with Gasteiger partial charge in [-0.25, -0.2) is 13.2 Å². The third-order valence-corrected chi connectivity index (χ3v) is 4.33. The van der Waals surface area contributed by atoms with Crippen molar-refractivity contribution in [1.82, 2.24) is 5.32 Å². The summed E-state index contributed by atoms with van der Waals surface area (Å²) in [5.41, 5.74) is 0.107. The van der Waals surface area contributed by atoms with Gasteiger partial charge in [0.15, 0.2) is 11.6 Å². The normalized spacial score (nSPS) is 12.7. The van der Waals surface area contributed by atoms with E-state index in [4.69, 9.17) is 0 Å². The molecular formula is C13H11BrF3NS. The molecule has 0 spiro atoms. The fraction of sp³-hybridized carbons (Fsp3) is 0.231. The minimum atomic E-state index is -1.18. The van der Waals surface area contributed by atoms with E-state index in [-0.39, 0.29) is 5.56 Å². The molecule has 0 fully saturated rings. The molecule has 1 unspecified atom stereocenters. The summed E-state index contributed by atoms with van der Waals surface area (Å²) in [5.74, 6) is -2.98. The third-order valence-electron chi connectivity index (χ3n) is 2.64. The molecule has 1 aromatic carbocycles. The van der Waals surface area contributed by atoms with Crippen LogP contribution in [0.1, 0.15) is 23.4 Å². The maximum atomic E-state index is 13.8. The van der Waals surface area contributed by atoms with E-state index in [9.17, 15) is 13.2 Å². The van der Waals surface area contributed by atoms with Crippen LogP contribution in [0.15, 0.2) is 28.1 Å². The van der Waals surface area contributed by atoms with Crippen molar-refractivity contribution in [2.45, 2.75) is 13.0 Å². The Bertz CT molecular complexity index is 585. The lowest BCUT2D eigenvalue weighted by Gasteiger charge is -2.18. The van der Waals surface area contributed by atoms with Crippen molar-refractivity contribution in [1.29, 1.82) is 0 Å². The summed E-state index contributed by atoms with van der Waals surface area (Å²) in [6, 6.07) is 4.66. The molecule has 0 aliphatic carbocycles. The van der Waals surface area contributed by atoms with Crippen molar-refractivity contribution >= 4 is 27.3 Å². The number of rotatable bonds is 4. The molecule has 1 atom stereocenters. The highest BCUT2D eigenvalue weighted by Crippen LogP contribution is 2.33. The molecule has 19 heavy (non-hydrogen) atoms. The first kappa shape index (κ1) is 14.6. The van der Waals surface area contributed by atoms with Crippen LogP contribution in [-0.2, 0) is 0 Å². The zero-order valence-electron chi connectivity index (χ0n) is 10.0. The van der Waals surface area contributed by atoms with Crippen LogP contribution in [0.5, 0.6) is 0 Å². The number of benzene rings is 1. The molecule has 2 aromatic rings. The maximum absolute atomic E-state index is 13.8. The Labute approximate surface area is 121 Å². The van der Waals surface area contributed by atoms with Crippen LogP contribution in [0.2, 0.25) is 0 Å². The van der Waals surface area contributed by atoms with Crippen LogP contribution < -0.4 is 5.32 Å². The Balaban J connectivity index is 2.47. The number of halogens is 4. The van der Waals surface area contributed by atoms with Gasteiger partial charge in [-0.15, -0.1) is 11.3 Å². The molecule has 0 bridgehead atoms. The van der Waals surface area contributed by atoms with Gasteiger partial charge in [0.2, 0.25) is 0 Å². The molecule has 1 aromatic heterocycles. The number of hydrogen-bond acceptors (Lipinski definition) is 2. The van der Waals surface area contributed by atoms with E-state index in [0.29, 0.717) is 12.6 Å². The van der Waals surface area contributed by atoms with E-state index in [2.05, 4.69) is 21.2 Å². The third kappa shape index (κ3) is 3.19. The number of hydrogen-bond donors (Lipinski definition) is 1. The Kier molecular flexibility index (Phi) is 4.65. The molecule has 1 heterocycles. The summed E-state index contributed by atoms with van der Waals surface area (Å²) < 4.78 is 41.0. The lowest BCUT2D eigenvalue weighted by Crippen LogP contribution is -2.22. The smallest absolute Gasteiger partial charge is 0.161 e. The maximum Gasteiger partial charge on any atom is 0.161 e. The standard InChI is InChI=1S/C13H11BrF3NS/c1-2-18-13(11-3-4-12(14)19-11)7-5-9(16)10(17)6-8(7)15/h3-6,13,18H,2H2,1H3. The summed E-state index contributed by atoms with van der Waals surface area (Å²) in [4.78, 5) is 0.832. The second-order valence-corrected chi connectivity index (χ2v) is 6.41. The van der Waals surface area contributed by atoms with Crippen molar-refractivity contribution < 1.29 is 13.2 Å². The van der Waals surface area contributed by atoms with Gasteiger partial charge >= 0.3 is 0 Å². The van der Waals surface area contributed by atoms with Crippen LogP contribution in [0.3, 0.4) is 0 Å². The van der Waals surface area contributed by atoms with Crippen molar-refractivity contribution in [3.63, 3.8) is 0 Å². The van der Waals surface area contributed by atoms with Gasteiger partial charge in [-0.1, -0.05) is 6.92 Å². The van der Waals surface area contributed by atoms with E-state index in [1.165, 1.54) is 11.3 Å². The van der Waals surface area contributed by atoms with Crippen LogP contribution in [0.4, 0.5) is 13.2 Å². The van der Waals surface area contributed by atoms with E-state index < -0.39 is 23.5 Å². The molecule has 102 valence electrons. The highest BCUT2D eigenvalue weighted by Gasteiger charge is 2.21. The minimum Gasteiger partial charge on any atom is -0.306 e. The van der Waals surface area contributed by atoms with Crippen LogP contribution >= 0.6 is 27.3 Å². The lowest BCUT2D eigenvalue weighted by molar-refractivity contribution is 0.482. The van der Waals surface area contributed by atoms with E-state index >= 15 is 0 Å². The predicted molar refractivity (Wildman–Crippen MR) is 73.9 cm³/mol. The average molecular weight is 350 g/mol. The quantitative estimate of drug-likeness (QED) is 0.793. The van der Waals surface area contributed by atoms with Gasteiger partial charge in [0.25, 0.3) is 0 Å². The lowest BCUT2D eigenvalue weighted by atomic mass is 10.0. The van der Waals surface area contributed by atoms with Gasteiger partial charge in [0.1, 0.15) is 5.82 Å². The second-order valence-electron chi connectivity index (χ2n) is 3.92. The first-order valence-corrected chi connectivity index (χ1v) is 7.27. The largest absolute Gasteiger partial charge is 0.306 e. The van der Waals surface area contributed by atoms with Crippen molar-refractivity contribution in [2.75, 3.05) is 6.54 Å². The van der Waals surface area contributed by atoms with Crippen LogP contribution in [-0.4, -0.2) is 6.54 Å². The predicted octanol–water partition coefficient (Wildman–Crippen LogP) is 4.63. The Morgan fingerprint density at radius 1 is 1.16 bits per heavy atom. The zero-order chi connectivity index (χ0) is 14.0. The first-order valence-electron chi connectivity index (χ1n) is 5.66. The average Bonchev–Trinajstić information content (AvgIpc) is 2.78. The van der Waals surface area contributed by atoms with Gasteiger partial charge in [-0.3, -0.25) is 0 Å². The second kappa shape index (κ2) is 6.07. The van der Waals surface area contributed by atoms with E-state index in [0.717, 1.165) is 14.7 Å². The molecule has 1 nitrogen and oxygen atoms in total. The van der Waals surface area contributed by atoms with Crippen molar-refractivity contribution in [3.05, 3.63) is 55.9 Å². The number of thiophene rings is 1. The van der Waals surface area contributed by atoms with E-state index in [1.54, 1.807) is 0 Å².